The van der Waals surface area contributed by atoms with Crippen molar-refractivity contribution in [1.29, 1.82) is 0 Å². The van der Waals surface area contributed by atoms with E-state index in [0.29, 0.717) is 11.8 Å². The monoisotopic (exact) mass is 298 g/mol. The van der Waals surface area contributed by atoms with Crippen LogP contribution in [0.4, 0.5) is 0 Å². The minimum Gasteiger partial charge on any atom is -0.343 e. The molecule has 0 spiro atoms. The Morgan fingerprint density at radius 1 is 0.722 bits per heavy atom. The van der Waals surface area contributed by atoms with E-state index in [4.69, 9.17) is 42.1 Å². The molecular formula is C12H20Cl2O4. The third kappa shape index (κ3) is 2.94. The van der Waals surface area contributed by atoms with Crippen molar-refractivity contribution < 1.29 is 18.9 Å². The third-order valence-corrected chi connectivity index (χ3v) is 3.68. The maximum absolute atomic E-state index is 5.98. The Hall–Kier alpha value is 0.420. The first-order valence-corrected chi connectivity index (χ1v) is 7.18. The first kappa shape index (κ1) is 14.8. The van der Waals surface area contributed by atoms with Crippen molar-refractivity contribution in [3.05, 3.63) is 0 Å². The fourth-order valence-electron chi connectivity index (χ4n) is 2.52. The van der Waals surface area contributed by atoms with E-state index in [1.807, 2.05) is 27.7 Å². The van der Waals surface area contributed by atoms with Crippen LogP contribution in [0.3, 0.4) is 0 Å². The van der Waals surface area contributed by atoms with Crippen molar-refractivity contribution in [3.63, 3.8) is 0 Å². The summed E-state index contributed by atoms with van der Waals surface area (Å²) in [6.45, 7) is 7.42. The molecule has 106 valence electrons. The largest absolute Gasteiger partial charge is 0.343 e. The number of ether oxygens (including phenoxy) is 4. The van der Waals surface area contributed by atoms with E-state index >= 15 is 0 Å². The van der Waals surface area contributed by atoms with Crippen molar-refractivity contribution in [2.75, 3.05) is 11.8 Å². The smallest absolute Gasteiger partial charge is 0.163 e. The second-order valence-electron chi connectivity index (χ2n) is 5.59. The predicted molar refractivity (Wildman–Crippen MR) is 69.1 cm³/mol. The zero-order valence-corrected chi connectivity index (χ0v) is 12.6. The van der Waals surface area contributed by atoms with Crippen molar-refractivity contribution in [3.8, 4) is 0 Å². The molecule has 0 N–H and O–H groups in total. The van der Waals surface area contributed by atoms with E-state index in [0.717, 1.165) is 0 Å². The van der Waals surface area contributed by atoms with Gasteiger partial charge in [0, 0.05) is 0 Å². The average Bonchev–Trinajstić information content (AvgIpc) is 2.26. The molecule has 0 radical (unpaired) electrons. The number of alkyl halides is 2. The third-order valence-electron chi connectivity index (χ3n) is 3.07. The Morgan fingerprint density at radius 2 is 1.06 bits per heavy atom. The van der Waals surface area contributed by atoms with E-state index in [2.05, 4.69) is 0 Å². The van der Waals surface area contributed by atoms with Gasteiger partial charge in [-0.3, -0.25) is 0 Å². The molecule has 0 aliphatic carbocycles. The van der Waals surface area contributed by atoms with Gasteiger partial charge >= 0.3 is 0 Å². The van der Waals surface area contributed by atoms with E-state index in [1.165, 1.54) is 0 Å². The summed E-state index contributed by atoms with van der Waals surface area (Å²) in [5.74, 6) is -0.726. The number of hydrogen-bond donors (Lipinski definition) is 0. The molecule has 0 saturated carbocycles. The molecule has 2 aliphatic rings. The van der Waals surface area contributed by atoms with Crippen molar-refractivity contribution >= 4 is 23.2 Å². The van der Waals surface area contributed by atoms with Gasteiger partial charge in [-0.15, -0.1) is 23.2 Å². The highest BCUT2D eigenvalue weighted by Gasteiger charge is 2.53. The molecule has 4 atom stereocenters. The summed E-state index contributed by atoms with van der Waals surface area (Å²) in [6, 6.07) is 0. The Bertz CT molecular complexity index is 278. The van der Waals surface area contributed by atoms with Crippen LogP contribution >= 0.6 is 23.2 Å². The second-order valence-corrected chi connectivity index (χ2v) is 6.20. The summed E-state index contributed by atoms with van der Waals surface area (Å²) in [5, 5.41) is 0. The zero-order valence-electron chi connectivity index (χ0n) is 11.1. The van der Waals surface area contributed by atoms with Gasteiger partial charge in [0.05, 0.1) is 11.8 Å². The average molecular weight is 299 g/mol. The molecule has 2 saturated heterocycles. The normalized spacial score (nSPS) is 42.3. The zero-order chi connectivity index (χ0) is 13.6. The van der Waals surface area contributed by atoms with Crippen LogP contribution in [-0.2, 0) is 18.9 Å². The Kier molecular flexibility index (Phi) is 4.18. The lowest BCUT2D eigenvalue weighted by Crippen LogP contribution is -2.66. The summed E-state index contributed by atoms with van der Waals surface area (Å²) in [5.41, 5.74) is 0. The van der Waals surface area contributed by atoms with Crippen LogP contribution in [0.15, 0.2) is 0 Å². The van der Waals surface area contributed by atoms with Crippen LogP contribution in [0.1, 0.15) is 27.7 Å². The van der Waals surface area contributed by atoms with E-state index in [1.54, 1.807) is 0 Å². The van der Waals surface area contributed by atoms with Crippen LogP contribution in [0.5, 0.6) is 0 Å². The highest BCUT2D eigenvalue weighted by Crippen LogP contribution is 2.38. The van der Waals surface area contributed by atoms with Crippen LogP contribution < -0.4 is 0 Å². The van der Waals surface area contributed by atoms with E-state index in [-0.39, 0.29) is 24.4 Å². The molecule has 0 aromatic rings. The van der Waals surface area contributed by atoms with Gasteiger partial charge in [-0.2, -0.15) is 0 Å². The van der Waals surface area contributed by atoms with Gasteiger partial charge in [0.1, 0.15) is 24.4 Å². The number of fused-ring (bicyclic) bond motifs is 1. The lowest BCUT2D eigenvalue weighted by atomic mass is 9.99. The minimum atomic E-state index is -0.709. The standard InChI is InChI=1S/C12H20Cl2O4/c1-11(2)15-7(5-13)10-9(17-11)8(6-14)16-12(3,4)18-10/h7-10H,5-6H2,1-4H3. The highest BCUT2D eigenvalue weighted by molar-refractivity contribution is 6.18. The quantitative estimate of drug-likeness (QED) is 0.734. The summed E-state index contributed by atoms with van der Waals surface area (Å²) in [4.78, 5) is 0. The van der Waals surface area contributed by atoms with E-state index < -0.39 is 11.6 Å². The van der Waals surface area contributed by atoms with Crippen molar-refractivity contribution in [2.24, 2.45) is 0 Å². The SMILES string of the molecule is CC1(C)OC(CCl)C2OC(C)(C)OC(CCl)C2O1. The topological polar surface area (TPSA) is 36.9 Å². The molecule has 2 fully saturated rings. The molecule has 6 heteroatoms. The van der Waals surface area contributed by atoms with Crippen LogP contribution in [0.2, 0.25) is 0 Å². The minimum absolute atomic E-state index is 0.227. The van der Waals surface area contributed by atoms with Crippen LogP contribution in [0.25, 0.3) is 0 Å². The van der Waals surface area contributed by atoms with Gasteiger partial charge in [0.25, 0.3) is 0 Å². The first-order valence-electron chi connectivity index (χ1n) is 6.11. The maximum atomic E-state index is 5.98. The van der Waals surface area contributed by atoms with Gasteiger partial charge < -0.3 is 18.9 Å². The van der Waals surface area contributed by atoms with Gasteiger partial charge in [0.2, 0.25) is 0 Å². The van der Waals surface area contributed by atoms with Gasteiger partial charge in [-0.25, -0.2) is 0 Å². The number of hydrogen-bond acceptors (Lipinski definition) is 4. The maximum Gasteiger partial charge on any atom is 0.163 e. The number of halogens is 2. The molecule has 4 nitrogen and oxygen atoms in total. The molecule has 2 heterocycles. The van der Waals surface area contributed by atoms with Gasteiger partial charge in [0.15, 0.2) is 11.6 Å². The molecule has 0 amide bonds. The molecule has 4 unspecified atom stereocenters. The van der Waals surface area contributed by atoms with Gasteiger partial charge in [-0.05, 0) is 27.7 Å². The van der Waals surface area contributed by atoms with Gasteiger partial charge in [-0.1, -0.05) is 0 Å². The molecule has 0 aromatic heterocycles. The lowest BCUT2D eigenvalue weighted by molar-refractivity contribution is -0.417. The molecule has 2 rings (SSSR count). The predicted octanol–water partition coefficient (Wildman–Crippen LogP) is 2.50. The summed E-state index contributed by atoms with van der Waals surface area (Å²) in [7, 11) is 0. The fourth-order valence-corrected chi connectivity index (χ4v) is 3.00. The molecule has 2 aliphatic heterocycles. The van der Waals surface area contributed by atoms with Crippen molar-refractivity contribution in [2.45, 2.75) is 63.7 Å². The summed E-state index contributed by atoms with van der Waals surface area (Å²) < 4.78 is 23.4. The Balaban J connectivity index is 2.24. The molecule has 0 bridgehead atoms. The fraction of sp³-hybridized carbons (Fsp3) is 1.00. The van der Waals surface area contributed by atoms with Crippen molar-refractivity contribution in [1.82, 2.24) is 0 Å². The second kappa shape index (κ2) is 5.08. The Morgan fingerprint density at radius 3 is 1.33 bits per heavy atom. The summed E-state index contributed by atoms with van der Waals surface area (Å²) >= 11 is 12.0. The summed E-state index contributed by atoms with van der Waals surface area (Å²) in [6.07, 6.45) is -0.977. The van der Waals surface area contributed by atoms with Crippen LogP contribution in [0, 0.1) is 0 Å². The molecule has 18 heavy (non-hydrogen) atoms. The van der Waals surface area contributed by atoms with E-state index in [9.17, 15) is 0 Å². The molecule has 0 aromatic carbocycles. The number of rotatable bonds is 2. The molecular weight excluding hydrogens is 279 g/mol. The van der Waals surface area contributed by atoms with Crippen LogP contribution in [-0.4, -0.2) is 47.8 Å². The lowest BCUT2D eigenvalue weighted by Gasteiger charge is -2.53. The Labute approximate surface area is 118 Å². The first-order chi connectivity index (χ1) is 8.28. The highest BCUT2D eigenvalue weighted by atomic mass is 35.5.